The van der Waals surface area contributed by atoms with Gasteiger partial charge in [0.1, 0.15) is 17.3 Å². The Bertz CT molecular complexity index is 743. The molecule has 0 saturated carbocycles. The minimum absolute atomic E-state index is 0.0312. The highest BCUT2D eigenvalue weighted by atomic mass is 19.1. The van der Waals surface area contributed by atoms with E-state index in [1.165, 1.54) is 12.1 Å². The summed E-state index contributed by atoms with van der Waals surface area (Å²) in [6.07, 6.45) is 2.49. The molecule has 2 aromatic rings. The summed E-state index contributed by atoms with van der Waals surface area (Å²) in [4.78, 5) is 14.7. The van der Waals surface area contributed by atoms with Gasteiger partial charge in [0.2, 0.25) is 5.91 Å². The van der Waals surface area contributed by atoms with Crippen LogP contribution in [0.3, 0.4) is 0 Å². The van der Waals surface area contributed by atoms with Crippen molar-refractivity contribution in [2.45, 2.75) is 19.3 Å². The molecule has 144 valence electrons. The Kier molecular flexibility index (Phi) is 6.65. The summed E-state index contributed by atoms with van der Waals surface area (Å²) in [5.41, 5.74) is 0.461. The molecule has 2 aromatic carbocycles. The van der Waals surface area contributed by atoms with Crippen LogP contribution >= 0.6 is 0 Å². The van der Waals surface area contributed by atoms with Gasteiger partial charge in [-0.2, -0.15) is 0 Å². The van der Waals surface area contributed by atoms with E-state index < -0.39 is 0 Å². The molecule has 1 aliphatic rings. The van der Waals surface area contributed by atoms with Crippen LogP contribution in [0.25, 0.3) is 0 Å². The van der Waals surface area contributed by atoms with Crippen LogP contribution in [-0.4, -0.2) is 42.2 Å². The molecule has 1 saturated heterocycles. The minimum Gasteiger partial charge on any atom is -0.506 e. The standard InChI is InChI=1S/C21H25FN2O3/c22-17-6-8-18(9-7-17)27-15-3-12-24-13-10-16(11-14-24)21(26)23-19-4-1-2-5-20(19)25/h1-2,4-9,16,25H,3,10-15H2,(H,23,26). The first-order chi connectivity index (χ1) is 13.1. The van der Waals surface area contributed by atoms with Gasteiger partial charge in [0, 0.05) is 12.5 Å². The molecule has 0 unspecified atom stereocenters. The second-order valence-electron chi connectivity index (χ2n) is 6.78. The van der Waals surface area contributed by atoms with E-state index in [4.69, 9.17) is 4.74 Å². The molecule has 27 heavy (non-hydrogen) atoms. The quantitative estimate of drug-likeness (QED) is 0.575. The smallest absolute Gasteiger partial charge is 0.227 e. The summed E-state index contributed by atoms with van der Waals surface area (Å²) in [5, 5.41) is 12.6. The number of phenolic OH excluding ortho intramolecular Hbond substituents is 1. The topological polar surface area (TPSA) is 61.8 Å². The molecule has 0 spiro atoms. The number of hydrogen-bond acceptors (Lipinski definition) is 4. The molecule has 3 rings (SSSR count). The Labute approximate surface area is 158 Å². The van der Waals surface area contributed by atoms with Gasteiger partial charge < -0.3 is 20.1 Å². The molecule has 1 aliphatic heterocycles. The van der Waals surface area contributed by atoms with Gasteiger partial charge in [-0.3, -0.25) is 4.79 Å². The van der Waals surface area contributed by atoms with E-state index in [-0.39, 0.29) is 23.4 Å². The van der Waals surface area contributed by atoms with E-state index in [1.54, 1.807) is 36.4 Å². The summed E-state index contributed by atoms with van der Waals surface area (Å²) in [6, 6.07) is 12.8. The molecule has 5 nitrogen and oxygen atoms in total. The number of hydrogen-bond donors (Lipinski definition) is 2. The fourth-order valence-corrected chi connectivity index (χ4v) is 3.24. The van der Waals surface area contributed by atoms with E-state index in [0.717, 1.165) is 38.9 Å². The maximum atomic E-state index is 12.8. The lowest BCUT2D eigenvalue weighted by Crippen LogP contribution is -2.38. The van der Waals surface area contributed by atoms with Crippen molar-refractivity contribution in [1.82, 2.24) is 4.90 Å². The van der Waals surface area contributed by atoms with Crippen molar-refractivity contribution in [3.63, 3.8) is 0 Å². The van der Waals surface area contributed by atoms with E-state index in [9.17, 15) is 14.3 Å². The van der Waals surface area contributed by atoms with Gasteiger partial charge in [0.05, 0.1) is 12.3 Å². The predicted molar refractivity (Wildman–Crippen MR) is 102 cm³/mol. The number of amides is 1. The van der Waals surface area contributed by atoms with E-state index >= 15 is 0 Å². The van der Waals surface area contributed by atoms with Crippen molar-refractivity contribution < 1.29 is 19.0 Å². The molecular formula is C21H25FN2O3. The van der Waals surface area contributed by atoms with Crippen LogP contribution in [0, 0.1) is 11.7 Å². The molecule has 6 heteroatoms. The number of nitrogens with zero attached hydrogens (tertiary/aromatic N) is 1. The number of rotatable bonds is 7. The number of likely N-dealkylation sites (tertiary alicyclic amines) is 1. The van der Waals surface area contributed by atoms with Gasteiger partial charge in [-0.15, -0.1) is 0 Å². The van der Waals surface area contributed by atoms with Crippen LogP contribution in [0.1, 0.15) is 19.3 Å². The molecule has 0 atom stereocenters. The van der Waals surface area contributed by atoms with Gasteiger partial charge in [-0.05, 0) is 68.8 Å². The first-order valence-electron chi connectivity index (χ1n) is 9.31. The number of halogens is 1. The molecule has 1 fully saturated rings. The molecule has 1 amide bonds. The monoisotopic (exact) mass is 372 g/mol. The normalized spacial score (nSPS) is 15.4. The molecule has 0 bridgehead atoms. The number of carbonyl (C=O) groups is 1. The largest absolute Gasteiger partial charge is 0.506 e. The van der Waals surface area contributed by atoms with Gasteiger partial charge in [-0.25, -0.2) is 4.39 Å². The van der Waals surface area contributed by atoms with Crippen LogP contribution in [0.15, 0.2) is 48.5 Å². The summed E-state index contributed by atoms with van der Waals surface area (Å²) in [6.45, 7) is 3.24. The average Bonchev–Trinajstić information content (AvgIpc) is 2.69. The third kappa shape index (κ3) is 5.69. The van der Waals surface area contributed by atoms with Gasteiger partial charge in [0.15, 0.2) is 0 Å². The van der Waals surface area contributed by atoms with Crippen molar-refractivity contribution >= 4 is 11.6 Å². The van der Waals surface area contributed by atoms with Crippen LogP contribution < -0.4 is 10.1 Å². The maximum Gasteiger partial charge on any atom is 0.227 e. The number of anilines is 1. The number of benzene rings is 2. The summed E-state index contributed by atoms with van der Waals surface area (Å²) < 4.78 is 18.5. The van der Waals surface area contributed by atoms with Crippen molar-refractivity contribution in [2.24, 2.45) is 5.92 Å². The number of nitrogens with one attached hydrogen (secondary N) is 1. The Balaban J connectivity index is 1.34. The highest BCUT2D eigenvalue weighted by Gasteiger charge is 2.25. The van der Waals surface area contributed by atoms with E-state index in [0.29, 0.717) is 18.0 Å². The molecule has 0 radical (unpaired) electrons. The molecule has 2 N–H and O–H groups in total. The van der Waals surface area contributed by atoms with Crippen molar-refractivity contribution in [3.8, 4) is 11.5 Å². The Morgan fingerprint density at radius 3 is 2.56 bits per heavy atom. The van der Waals surface area contributed by atoms with Crippen molar-refractivity contribution in [1.29, 1.82) is 0 Å². The Hall–Kier alpha value is -2.60. The molecule has 0 aromatic heterocycles. The summed E-state index contributed by atoms with van der Waals surface area (Å²) in [7, 11) is 0. The lowest BCUT2D eigenvalue weighted by molar-refractivity contribution is -0.121. The summed E-state index contributed by atoms with van der Waals surface area (Å²) >= 11 is 0. The lowest BCUT2D eigenvalue weighted by Gasteiger charge is -2.31. The van der Waals surface area contributed by atoms with Gasteiger partial charge >= 0.3 is 0 Å². The zero-order chi connectivity index (χ0) is 19.1. The summed E-state index contributed by atoms with van der Waals surface area (Å²) in [5.74, 6) is 0.434. The van der Waals surface area contributed by atoms with E-state index in [1.807, 2.05) is 0 Å². The van der Waals surface area contributed by atoms with E-state index in [2.05, 4.69) is 10.2 Å². The minimum atomic E-state index is -0.267. The van der Waals surface area contributed by atoms with Crippen LogP contribution in [0.5, 0.6) is 11.5 Å². The fraction of sp³-hybridized carbons (Fsp3) is 0.381. The predicted octanol–water partition coefficient (Wildman–Crippen LogP) is 3.65. The number of carbonyl (C=O) groups excluding carboxylic acids is 1. The number of aromatic hydroxyl groups is 1. The SMILES string of the molecule is O=C(Nc1ccccc1O)C1CCN(CCCOc2ccc(F)cc2)CC1. The highest BCUT2D eigenvalue weighted by Crippen LogP contribution is 2.24. The number of ether oxygens (including phenoxy) is 1. The maximum absolute atomic E-state index is 12.8. The number of piperidine rings is 1. The molecule has 0 aliphatic carbocycles. The first kappa shape index (κ1) is 19.2. The third-order valence-electron chi connectivity index (χ3n) is 4.82. The highest BCUT2D eigenvalue weighted by molar-refractivity contribution is 5.93. The van der Waals surface area contributed by atoms with Gasteiger partial charge in [0.25, 0.3) is 0 Å². The zero-order valence-corrected chi connectivity index (χ0v) is 15.2. The van der Waals surface area contributed by atoms with Crippen molar-refractivity contribution in [2.75, 3.05) is 31.6 Å². The second kappa shape index (κ2) is 9.37. The number of para-hydroxylation sites is 2. The molecular weight excluding hydrogens is 347 g/mol. The van der Waals surface area contributed by atoms with Crippen LogP contribution in [-0.2, 0) is 4.79 Å². The van der Waals surface area contributed by atoms with Crippen LogP contribution in [0.2, 0.25) is 0 Å². The third-order valence-corrected chi connectivity index (χ3v) is 4.82. The Morgan fingerprint density at radius 2 is 1.85 bits per heavy atom. The average molecular weight is 372 g/mol. The number of phenols is 1. The second-order valence-corrected chi connectivity index (χ2v) is 6.78. The first-order valence-corrected chi connectivity index (χ1v) is 9.31. The van der Waals surface area contributed by atoms with Crippen LogP contribution in [0.4, 0.5) is 10.1 Å². The zero-order valence-electron chi connectivity index (χ0n) is 15.2. The Morgan fingerprint density at radius 1 is 1.15 bits per heavy atom. The van der Waals surface area contributed by atoms with Gasteiger partial charge in [-0.1, -0.05) is 12.1 Å². The fourth-order valence-electron chi connectivity index (χ4n) is 3.24. The lowest BCUT2D eigenvalue weighted by atomic mass is 9.95. The van der Waals surface area contributed by atoms with Crippen molar-refractivity contribution in [3.05, 3.63) is 54.3 Å². The molecule has 1 heterocycles.